The van der Waals surface area contributed by atoms with E-state index in [9.17, 15) is 19.2 Å². The fraction of sp³-hybridized carbons (Fsp3) is 0.667. The third kappa shape index (κ3) is 6.97. The quantitative estimate of drug-likeness (QED) is 0.166. The molecule has 0 saturated heterocycles. The molecule has 4 atom stereocenters. The minimum Gasteiger partial charge on any atom is -0.394 e. The van der Waals surface area contributed by atoms with Crippen LogP contribution in [0.25, 0.3) is 0 Å². The highest BCUT2D eigenvalue weighted by Crippen LogP contribution is 1.91. The van der Waals surface area contributed by atoms with Crippen molar-refractivity contribution in [2.24, 2.45) is 5.73 Å². The topological polar surface area (TPSA) is 211 Å². The van der Waals surface area contributed by atoms with Crippen LogP contribution in [0.5, 0.6) is 0 Å². The molecule has 0 radical (unpaired) electrons. The highest BCUT2D eigenvalue weighted by atomic mass is 16.3. The summed E-state index contributed by atoms with van der Waals surface area (Å²) in [7, 11) is 0. The first-order valence-electron chi connectivity index (χ1n) is 6.89. The molecule has 0 heterocycles. The van der Waals surface area contributed by atoms with E-state index in [-0.39, 0.29) is 6.29 Å². The lowest BCUT2D eigenvalue weighted by Gasteiger charge is -2.22. The fourth-order valence-corrected chi connectivity index (χ4v) is 1.43. The fourth-order valence-electron chi connectivity index (χ4n) is 1.43. The number of aldehydes is 1. The molecule has 0 spiro atoms. The minimum absolute atomic E-state index is 0.265. The van der Waals surface area contributed by atoms with Crippen LogP contribution in [0.3, 0.4) is 0 Å². The first kappa shape index (κ1) is 21.9. The van der Waals surface area contributed by atoms with E-state index in [0.717, 1.165) is 0 Å². The number of nitrogens with two attached hydrogens (primary N) is 1. The van der Waals surface area contributed by atoms with Crippen molar-refractivity contribution in [3.63, 3.8) is 0 Å². The maximum absolute atomic E-state index is 11.9. The van der Waals surface area contributed by atoms with E-state index in [1.165, 1.54) is 0 Å². The third-order valence-electron chi connectivity index (χ3n) is 2.85. The maximum Gasteiger partial charge on any atom is 0.245 e. The zero-order chi connectivity index (χ0) is 18.7. The summed E-state index contributed by atoms with van der Waals surface area (Å²) in [4.78, 5) is 45.7. The number of amides is 3. The van der Waals surface area contributed by atoms with Crippen LogP contribution in [0.15, 0.2) is 0 Å². The maximum atomic E-state index is 11.9. The number of hydrogen-bond acceptors (Lipinski definition) is 9. The second kappa shape index (κ2) is 11.4. The van der Waals surface area contributed by atoms with Crippen molar-refractivity contribution in [2.45, 2.75) is 24.2 Å². The van der Waals surface area contributed by atoms with Crippen molar-refractivity contribution in [1.82, 2.24) is 16.0 Å². The van der Waals surface area contributed by atoms with Gasteiger partial charge in [-0.3, -0.25) is 14.4 Å². The molecule has 0 aliphatic carbocycles. The van der Waals surface area contributed by atoms with E-state index in [1.807, 2.05) is 0 Å². The van der Waals surface area contributed by atoms with Crippen molar-refractivity contribution in [3.8, 4) is 0 Å². The Bertz CT molecular complexity index is 447. The van der Waals surface area contributed by atoms with Crippen molar-refractivity contribution in [1.29, 1.82) is 0 Å². The number of hydrogen-bond donors (Lipinski definition) is 8. The van der Waals surface area contributed by atoms with Crippen LogP contribution < -0.4 is 21.7 Å². The molecule has 0 aromatic rings. The van der Waals surface area contributed by atoms with Crippen LogP contribution >= 0.6 is 0 Å². The Morgan fingerprint density at radius 1 is 0.792 bits per heavy atom. The van der Waals surface area contributed by atoms with E-state index < -0.39 is 68.3 Å². The van der Waals surface area contributed by atoms with Gasteiger partial charge in [-0.2, -0.15) is 0 Å². The Morgan fingerprint density at radius 2 is 1.25 bits per heavy atom. The number of aliphatic hydroxyl groups excluding tert-OH is 4. The number of aliphatic hydroxyl groups is 4. The highest BCUT2D eigenvalue weighted by molar-refractivity contribution is 5.93. The van der Waals surface area contributed by atoms with Crippen LogP contribution in [0.4, 0.5) is 0 Å². The predicted molar refractivity (Wildman–Crippen MR) is 78.2 cm³/mol. The van der Waals surface area contributed by atoms with Gasteiger partial charge in [-0.15, -0.1) is 0 Å². The van der Waals surface area contributed by atoms with E-state index in [0.29, 0.717) is 0 Å². The molecule has 0 aromatic carbocycles. The number of nitrogens with one attached hydrogen (secondary N) is 3. The van der Waals surface area contributed by atoms with Gasteiger partial charge < -0.3 is 46.9 Å². The van der Waals surface area contributed by atoms with E-state index in [2.05, 4.69) is 16.0 Å². The lowest BCUT2D eigenvalue weighted by atomic mass is 10.2. The van der Waals surface area contributed by atoms with Gasteiger partial charge in [-0.1, -0.05) is 0 Å². The summed E-state index contributed by atoms with van der Waals surface area (Å²) in [6.07, 6.45) is 0.265. The van der Waals surface area contributed by atoms with Crippen molar-refractivity contribution in [2.75, 3.05) is 26.4 Å². The van der Waals surface area contributed by atoms with Crippen molar-refractivity contribution in [3.05, 3.63) is 0 Å². The Labute approximate surface area is 137 Å². The SMILES string of the molecule is NC(CO)C(=O)NC(CO)C(=O)NC(CO)C(=O)NC(C=O)CO. The van der Waals surface area contributed by atoms with Crippen LogP contribution in [0.2, 0.25) is 0 Å². The summed E-state index contributed by atoms with van der Waals surface area (Å²) in [6.45, 7) is -3.02. The molecule has 0 bridgehead atoms. The molecule has 138 valence electrons. The first-order valence-corrected chi connectivity index (χ1v) is 6.89. The van der Waals surface area contributed by atoms with Crippen molar-refractivity contribution >= 4 is 24.0 Å². The monoisotopic (exact) mass is 350 g/mol. The molecule has 4 unspecified atom stereocenters. The molecular formula is C12H22N4O8. The molecule has 0 saturated carbocycles. The molecule has 3 amide bonds. The average Bonchev–Trinajstić information content (AvgIpc) is 2.60. The zero-order valence-corrected chi connectivity index (χ0v) is 12.7. The van der Waals surface area contributed by atoms with Gasteiger partial charge >= 0.3 is 0 Å². The normalized spacial score (nSPS) is 15.5. The van der Waals surface area contributed by atoms with Crippen LogP contribution in [-0.4, -0.2) is 95.0 Å². The Balaban J connectivity index is 4.78. The molecule has 12 heteroatoms. The summed E-state index contributed by atoms with van der Waals surface area (Å²) >= 11 is 0. The summed E-state index contributed by atoms with van der Waals surface area (Å²) in [6, 6.07) is -5.47. The summed E-state index contributed by atoms with van der Waals surface area (Å²) in [5.74, 6) is -2.86. The molecule has 0 fully saturated rings. The van der Waals surface area contributed by atoms with Crippen LogP contribution in [0.1, 0.15) is 0 Å². The summed E-state index contributed by atoms with van der Waals surface area (Å²) in [5, 5.41) is 42.0. The Hall–Kier alpha value is -2.12. The molecule has 9 N–H and O–H groups in total. The molecule has 0 rings (SSSR count). The van der Waals surface area contributed by atoms with Gasteiger partial charge in [-0.25, -0.2) is 0 Å². The molecule has 24 heavy (non-hydrogen) atoms. The minimum atomic E-state index is -1.48. The molecular weight excluding hydrogens is 328 g/mol. The zero-order valence-electron chi connectivity index (χ0n) is 12.7. The molecule has 0 aliphatic rings. The molecule has 0 aliphatic heterocycles. The van der Waals surface area contributed by atoms with Gasteiger partial charge in [0, 0.05) is 0 Å². The molecule has 0 aromatic heterocycles. The van der Waals surface area contributed by atoms with E-state index >= 15 is 0 Å². The van der Waals surface area contributed by atoms with Gasteiger partial charge in [0.05, 0.1) is 26.4 Å². The standard InChI is InChI=1S/C12H22N4O8/c13-7(3-19)10(22)15-9(5-21)12(24)16-8(4-20)11(23)14-6(1-17)2-18/h1,6-9,18-21H,2-5,13H2,(H,14,23)(H,15,22)(H,16,24). The predicted octanol–water partition coefficient (Wildman–Crippen LogP) is -6.06. The number of carbonyl (C=O) groups excluding carboxylic acids is 4. The average molecular weight is 350 g/mol. The number of rotatable bonds is 11. The van der Waals surface area contributed by atoms with Gasteiger partial charge in [0.1, 0.15) is 30.5 Å². The van der Waals surface area contributed by atoms with Crippen LogP contribution in [-0.2, 0) is 19.2 Å². The Morgan fingerprint density at radius 3 is 1.62 bits per heavy atom. The van der Waals surface area contributed by atoms with Gasteiger partial charge in [-0.05, 0) is 0 Å². The smallest absolute Gasteiger partial charge is 0.245 e. The Kier molecular flexibility index (Phi) is 10.4. The van der Waals surface area contributed by atoms with Gasteiger partial charge in [0.2, 0.25) is 17.7 Å². The lowest BCUT2D eigenvalue weighted by molar-refractivity contribution is -0.134. The second-order valence-electron chi connectivity index (χ2n) is 4.71. The number of carbonyl (C=O) groups is 4. The van der Waals surface area contributed by atoms with Crippen molar-refractivity contribution < 1.29 is 39.6 Å². The summed E-state index contributed by atoms with van der Waals surface area (Å²) < 4.78 is 0. The summed E-state index contributed by atoms with van der Waals surface area (Å²) in [5.41, 5.74) is 5.24. The first-order chi connectivity index (χ1) is 11.3. The largest absolute Gasteiger partial charge is 0.394 e. The van der Waals surface area contributed by atoms with Crippen LogP contribution in [0, 0.1) is 0 Å². The van der Waals surface area contributed by atoms with Gasteiger partial charge in [0.15, 0.2) is 0 Å². The van der Waals surface area contributed by atoms with E-state index in [1.54, 1.807) is 0 Å². The third-order valence-corrected chi connectivity index (χ3v) is 2.85. The highest BCUT2D eigenvalue weighted by Gasteiger charge is 2.28. The molecule has 12 nitrogen and oxygen atoms in total. The second-order valence-corrected chi connectivity index (χ2v) is 4.71. The van der Waals surface area contributed by atoms with E-state index in [4.69, 9.17) is 26.2 Å². The lowest BCUT2D eigenvalue weighted by Crippen LogP contribution is -2.59. The van der Waals surface area contributed by atoms with Gasteiger partial charge in [0.25, 0.3) is 0 Å².